The van der Waals surface area contributed by atoms with Gasteiger partial charge < -0.3 is 55.6 Å². The van der Waals surface area contributed by atoms with E-state index in [1.165, 1.54) is 13.8 Å². The van der Waals surface area contributed by atoms with E-state index in [1.807, 2.05) is 0 Å². The molecule has 0 aliphatic carbocycles. The SMILES string of the molecule is CCOC(=O)CCCCNC(=O)CCNC(=O)C(O)C(C)(C)COP(=O)(O)OP(=O)(O)OCC1OC(n2cnc3c(N)ncnc32)C(O)C1OP(=O)(O)O. The highest BCUT2D eigenvalue weighted by atomic mass is 31.3. The number of nitrogens with two attached hydrogens (primary N) is 1. The molecule has 0 radical (unpaired) electrons. The van der Waals surface area contributed by atoms with Gasteiger partial charge in [-0.15, -0.1) is 0 Å². The van der Waals surface area contributed by atoms with Crippen LogP contribution in [0.5, 0.6) is 0 Å². The number of phosphoric ester groups is 3. The summed E-state index contributed by atoms with van der Waals surface area (Å²) in [5.41, 5.74) is 4.26. The van der Waals surface area contributed by atoms with Crippen LogP contribution in [0.2, 0.25) is 0 Å². The highest BCUT2D eigenvalue weighted by Gasteiger charge is 2.50. The fraction of sp³-hybridized carbons (Fsp3) is 0.692. The second kappa shape index (κ2) is 19.2. The fourth-order valence-electron chi connectivity index (χ4n) is 4.80. The zero-order valence-electron chi connectivity index (χ0n) is 29.2. The molecule has 1 aliphatic heterocycles. The van der Waals surface area contributed by atoms with Crippen molar-refractivity contribution in [2.24, 2.45) is 5.41 Å². The Kier molecular flexibility index (Phi) is 16.2. The molecule has 306 valence electrons. The summed E-state index contributed by atoms with van der Waals surface area (Å²) >= 11 is 0. The molecular weight excluding hydrogens is 791 g/mol. The number of aliphatic hydroxyl groups is 2. The quantitative estimate of drug-likeness (QED) is 0.0396. The zero-order chi connectivity index (χ0) is 40.5. The van der Waals surface area contributed by atoms with Crippen molar-refractivity contribution in [3.8, 4) is 0 Å². The van der Waals surface area contributed by atoms with Crippen molar-refractivity contribution in [3.63, 3.8) is 0 Å². The molecule has 1 fully saturated rings. The monoisotopic (exact) mass is 835 g/mol. The van der Waals surface area contributed by atoms with E-state index in [-0.39, 0.29) is 55.5 Å². The molecule has 54 heavy (non-hydrogen) atoms. The number of phosphoric acid groups is 3. The minimum absolute atomic E-state index is 0.0302. The van der Waals surface area contributed by atoms with Crippen molar-refractivity contribution < 1.29 is 85.2 Å². The second-order valence-corrected chi connectivity index (χ2v) is 16.6. The highest BCUT2D eigenvalue weighted by molar-refractivity contribution is 7.61. The number of esters is 1. The van der Waals surface area contributed by atoms with Gasteiger partial charge in [0.05, 0.1) is 26.1 Å². The molecule has 0 saturated carbocycles. The van der Waals surface area contributed by atoms with Crippen molar-refractivity contribution in [1.82, 2.24) is 30.2 Å². The van der Waals surface area contributed by atoms with Crippen molar-refractivity contribution in [2.75, 3.05) is 38.6 Å². The van der Waals surface area contributed by atoms with Gasteiger partial charge in [0.1, 0.15) is 36.3 Å². The molecule has 25 nitrogen and oxygen atoms in total. The lowest BCUT2D eigenvalue weighted by Gasteiger charge is -2.30. The van der Waals surface area contributed by atoms with Gasteiger partial charge in [-0.25, -0.2) is 28.6 Å². The summed E-state index contributed by atoms with van der Waals surface area (Å²) in [6.07, 6.45) is -5.65. The maximum Gasteiger partial charge on any atom is 0.481 e. The second-order valence-electron chi connectivity index (χ2n) is 12.3. The molecule has 1 aliphatic rings. The lowest BCUT2D eigenvalue weighted by atomic mass is 9.87. The molecular formula is C26H44N7O18P3. The molecule has 1 saturated heterocycles. The number of ether oxygens (including phenoxy) is 2. The molecule has 28 heteroatoms. The van der Waals surface area contributed by atoms with Crippen LogP contribution in [0.25, 0.3) is 11.2 Å². The van der Waals surface area contributed by atoms with Crippen molar-refractivity contribution >= 4 is 58.2 Å². The summed E-state index contributed by atoms with van der Waals surface area (Å²) in [5.74, 6) is -1.76. The molecule has 3 heterocycles. The smallest absolute Gasteiger partial charge is 0.466 e. The molecule has 7 atom stereocenters. The number of nitrogen functional groups attached to an aromatic ring is 1. The van der Waals surface area contributed by atoms with E-state index in [2.05, 4.69) is 34.4 Å². The first-order valence-corrected chi connectivity index (χ1v) is 20.6. The number of carbonyl (C=O) groups excluding carboxylic acids is 3. The first-order valence-electron chi connectivity index (χ1n) is 16.1. The predicted octanol–water partition coefficient (Wildman–Crippen LogP) is -0.862. The standard InChI is InChI=1S/C26H44N7O18P3/c1-4-46-17(35)7-5-6-9-28-16(34)8-10-29-24(38)21(37)26(2,3)12-48-54(44,45)51-53(42,43)47-11-15-20(50-52(39,40)41)19(36)25(49-15)33-14-32-18-22(27)30-13-31-23(18)33/h13-15,19-21,25,36-37H,4-12H2,1-3H3,(H,28,34)(H,29,38)(H,42,43)(H,44,45)(H2,27,30,31)(H2,39,40,41). The Morgan fingerprint density at radius 1 is 1.02 bits per heavy atom. The number of hydrogen-bond donors (Lipinski definition) is 9. The number of hydrogen-bond acceptors (Lipinski definition) is 18. The molecule has 7 unspecified atom stereocenters. The first-order chi connectivity index (χ1) is 25.1. The number of anilines is 1. The number of amides is 2. The van der Waals surface area contributed by atoms with Gasteiger partial charge in [0, 0.05) is 31.3 Å². The number of imidazole rings is 1. The van der Waals surface area contributed by atoms with Gasteiger partial charge in [0.2, 0.25) is 11.8 Å². The van der Waals surface area contributed by atoms with Crippen LogP contribution in [0.4, 0.5) is 5.82 Å². The zero-order valence-corrected chi connectivity index (χ0v) is 31.9. The summed E-state index contributed by atoms with van der Waals surface area (Å²) in [6.45, 7) is 2.56. The number of rotatable bonds is 22. The van der Waals surface area contributed by atoms with E-state index >= 15 is 0 Å². The number of carbonyl (C=O) groups is 3. The van der Waals surface area contributed by atoms with Gasteiger partial charge in [-0.05, 0) is 19.8 Å². The number of unbranched alkanes of at least 4 members (excludes halogenated alkanes) is 1. The lowest BCUT2D eigenvalue weighted by Crippen LogP contribution is -2.46. The average Bonchev–Trinajstić information content (AvgIpc) is 3.62. The number of nitrogens with zero attached hydrogens (tertiary/aromatic N) is 4. The number of aromatic nitrogens is 4. The van der Waals surface area contributed by atoms with Crippen LogP contribution >= 0.6 is 23.5 Å². The van der Waals surface area contributed by atoms with Crippen LogP contribution in [0.1, 0.15) is 52.7 Å². The largest absolute Gasteiger partial charge is 0.481 e. The van der Waals surface area contributed by atoms with E-state index < -0.39 is 84.6 Å². The Morgan fingerprint density at radius 3 is 2.37 bits per heavy atom. The Balaban J connectivity index is 1.50. The van der Waals surface area contributed by atoms with Crippen LogP contribution in [0.15, 0.2) is 12.7 Å². The Hall–Kier alpha value is -2.99. The molecule has 2 aromatic rings. The molecule has 10 N–H and O–H groups in total. The molecule has 0 spiro atoms. The Bertz CT molecular complexity index is 1760. The summed E-state index contributed by atoms with van der Waals surface area (Å²) < 4.78 is 66.8. The van der Waals surface area contributed by atoms with E-state index in [4.69, 9.17) is 24.3 Å². The van der Waals surface area contributed by atoms with E-state index in [0.717, 1.165) is 17.2 Å². The van der Waals surface area contributed by atoms with Crippen LogP contribution < -0.4 is 16.4 Å². The predicted molar refractivity (Wildman–Crippen MR) is 180 cm³/mol. The van der Waals surface area contributed by atoms with Crippen molar-refractivity contribution in [2.45, 2.75) is 77.1 Å². The fourth-order valence-corrected chi connectivity index (χ4v) is 7.62. The minimum Gasteiger partial charge on any atom is -0.466 e. The molecule has 3 rings (SSSR count). The average molecular weight is 836 g/mol. The van der Waals surface area contributed by atoms with E-state index in [9.17, 15) is 57.9 Å². The van der Waals surface area contributed by atoms with Gasteiger partial charge >= 0.3 is 29.4 Å². The van der Waals surface area contributed by atoms with Gasteiger partial charge in [0.15, 0.2) is 17.7 Å². The van der Waals surface area contributed by atoms with Crippen LogP contribution in [0.3, 0.4) is 0 Å². The van der Waals surface area contributed by atoms with Gasteiger partial charge in [-0.2, -0.15) is 4.31 Å². The van der Waals surface area contributed by atoms with Gasteiger partial charge in [-0.1, -0.05) is 13.8 Å². The first kappa shape index (κ1) is 45.4. The van der Waals surface area contributed by atoms with Crippen LogP contribution in [-0.4, -0.2) is 124 Å². The van der Waals surface area contributed by atoms with E-state index in [0.29, 0.717) is 12.8 Å². The normalized spacial score (nSPS) is 21.9. The number of nitrogens with one attached hydrogen (secondary N) is 2. The number of aliphatic hydroxyl groups excluding tert-OH is 2. The summed E-state index contributed by atoms with van der Waals surface area (Å²) in [4.78, 5) is 86.7. The number of fused-ring (bicyclic) bond motifs is 1. The van der Waals surface area contributed by atoms with Crippen molar-refractivity contribution in [3.05, 3.63) is 12.7 Å². The summed E-state index contributed by atoms with van der Waals surface area (Å²) in [5, 5.41) is 26.3. The maximum atomic E-state index is 12.6. The van der Waals surface area contributed by atoms with Gasteiger partial charge in [0.25, 0.3) is 0 Å². The van der Waals surface area contributed by atoms with E-state index in [1.54, 1.807) is 6.92 Å². The summed E-state index contributed by atoms with van der Waals surface area (Å²) in [6, 6.07) is 0. The Morgan fingerprint density at radius 2 is 1.70 bits per heavy atom. The third-order valence-electron chi connectivity index (χ3n) is 7.51. The third-order valence-corrected chi connectivity index (χ3v) is 10.6. The van der Waals surface area contributed by atoms with Crippen LogP contribution in [-0.2, 0) is 55.4 Å². The molecule has 0 bridgehead atoms. The maximum absolute atomic E-state index is 12.6. The molecule has 2 aromatic heterocycles. The Labute approximate surface area is 307 Å². The lowest BCUT2D eigenvalue weighted by molar-refractivity contribution is -0.143. The van der Waals surface area contributed by atoms with Crippen molar-refractivity contribution in [1.29, 1.82) is 0 Å². The third kappa shape index (κ3) is 13.6. The topological polar surface area (TPSA) is 373 Å². The van der Waals surface area contributed by atoms with Gasteiger partial charge in [-0.3, -0.25) is 32.5 Å². The van der Waals surface area contributed by atoms with Crippen LogP contribution in [0, 0.1) is 5.41 Å². The summed E-state index contributed by atoms with van der Waals surface area (Å²) in [7, 11) is -16.4. The molecule has 2 amide bonds. The molecule has 0 aromatic carbocycles. The highest BCUT2D eigenvalue weighted by Crippen LogP contribution is 2.61. The minimum atomic E-state index is -5.56.